The van der Waals surface area contributed by atoms with Crippen molar-refractivity contribution in [2.24, 2.45) is 0 Å². The zero-order chi connectivity index (χ0) is 17.9. The van der Waals surface area contributed by atoms with E-state index in [4.69, 9.17) is 20.8 Å². The van der Waals surface area contributed by atoms with Gasteiger partial charge in [-0.05, 0) is 47.9 Å². The standard InChI is InChI=1S/C21H18ClNO3/c22-17-6-3-7-18(12-17)25-14-19-8-9-20(26-19)21(24)23-11-10-15-4-1-2-5-16(15)13-23/h1-9,12H,10-11,13-14H2. The van der Waals surface area contributed by atoms with Gasteiger partial charge in [0.2, 0.25) is 0 Å². The lowest BCUT2D eigenvalue weighted by atomic mass is 10.00. The van der Waals surface area contributed by atoms with Crippen LogP contribution in [0.15, 0.2) is 65.1 Å². The number of furan rings is 1. The van der Waals surface area contributed by atoms with E-state index in [2.05, 4.69) is 12.1 Å². The van der Waals surface area contributed by atoms with Gasteiger partial charge in [-0.25, -0.2) is 0 Å². The average molecular weight is 368 g/mol. The lowest BCUT2D eigenvalue weighted by Gasteiger charge is -2.28. The van der Waals surface area contributed by atoms with E-state index in [0.29, 0.717) is 35.4 Å². The summed E-state index contributed by atoms with van der Waals surface area (Å²) in [6, 6.07) is 18.9. The highest BCUT2D eigenvalue weighted by atomic mass is 35.5. The Balaban J connectivity index is 1.40. The molecule has 0 saturated heterocycles. The number of halogens is 1. The molecule has 2 aromatic carbocycles. The van der Waals surface area contributed by atoms with Gasteiger partial charge in [0.05, 0.1) is 0 Å². The van der Waals surface area contributed by atoms with Crippen molar-refractivity contribution in [2.75, 3.05) is 6.54 Å². The minimum Gasteiger partial charge on any atom is -0.486 e. The molecule has 0 spiro atoms. The van der Waals surface area contributed by atoms with Gasteiger partial charge in [0, 0.05) is 18.1 Å². The van der Waals surface area contributed by atoms with Gasteiger partial charge in [0.1, 0.15) is 18.1 Å². The van der Waals surface area contributed by atoms with Crippen LogP contribution in [0.3, 0.4) is 0 Å². The zero-order valence-electron chi connectivity index (χ0n) is 14.2. The van der Waals surface area contributed by atoms with E-state index < -0.39 is 0 Å². The predicted octanol–water partition coefficient (Wildman–Crippen LogP) is 4.71. The lowest BCUT2D eigenvalue weighted by molar-refractivity contribution is 0.0698. The van der Waals surface area contributed by atoms with E-state index in [9.17, 15) is 4.79 Å². The minimum absolute atomic E-state index is 0.0893. The van der Waals surface area contributed by atoms with Gasteiger partial charge in [0.15, 0.2) is 5.76 Å². The van der Waals surface area contributed by atoms with Crippen LogP contribution >= 0.6 is 11.6 Å². The first-order valence-corrected chi connectivity index (χ1v) is 8.90. The van der Waals surface area contributed by atoms with Gasteiger partial charge in [0.25, 0.3) is 5.91 Å². The van der Waals surface area contributed by atoms with E-state index in [0.717, 1.165) is 6.42 Å². The quantitative estimate of drug-likeness (QED) is 0.670. The fraction of sp³-hybridized carbons (Fsp3) is 0.190. The van der Waals surface area contributed by atoms with Gasteiger partial charge >= 0.3 is 0 Å². The maximum Gasteiger partial charge on any atom is 0.289 e. The molecule has 2 heterocycles. The number of amides is 1. The molecule has 0 fully saturated rings. The molecule has 0 N–H and O–H groups in total. The van der Waals surface area contributed by atoms with E-state index in [1.807, 2.05) is 29.2 Å². The number of carbonyl (C=O) groups is 1. The zero-order valence-corrected chi connectivity index (χ0v) is 14.9. The molecule has 0 atom stereocenters. The van der Waals surface area contributed by atoms with Crippen LogP contribution in [0.5, 0.6) is 5.75 Å². The van der Waals surface area contributed by atoms with Crippen molar-refractivity contribution >= 4 is 17.5 Å². The molecule has 0 bridgehead atoms. The van der Waals surface area contributed by atoms with Gasteiger partial charge in [-0.2, -0.15) is 0 Å². The molecule has 4 rings (SSSR count). The molecule has 26 heavy (non-hydrogen) atoms. The lowest BCUT2D eigenvalue weighted by Crippen LogP contribution is -2.35. The summed E-state index contributed by atoms with van der Waals surface area (Å²) < 4.78 is 11.3. The SMILES string of the molecule is O=C(c1ccc(COc2cccc(Cl)c2)o1)N1CCc2ccccc2C1. The number of hydrogen-bond acceptors (Lipinski definition) is 3. The smallest absolute Gasteiger partial charge is 0.289 e. The Morgan fingerprint density at radius 2 is 1.92 bits per heavy atom. The van der Waals surface area contributed by atoms with Crippen molar-refractivity contribution in [3.63, 3.8) is 0 Å². The minimum atomic E-state index is -0.0893. The van der Waals surface area contributed by atoms with Crippen molar-refractivity contribution in [1.29, 1.82) is 0 Å². The topological polar surface area (TPSA) is 42.7 Å². The number of hydrogen-bond donors (Lipinski definition) is 0. The second-order valence-corrected chi connectivity index (χ2v) is 6.69. The Morgan fingerprint density at radius 3 is 2.77 bits per heavy atom. The van der Waals surface area contributed by atoms with Crippen LogP contribution in [0.4, 0.5) is 0 Å². The van der Waals surface area contributed by atoms with Crippen LogP contribution in [0, 0.1) is 0 Å². The summed E-state index contributed by atoms with van der Waals surface area (Å²) in [6.45, 7) is 1.56. The normalized spacial score (nSPS) is 13.3. The summed E-state index contributed by atoms with van der Waals surface area (Å²) in [5.74, 6) is 1.52. The molecule has 0 unspecified atom stereocenters. The third-order valence-electron chi connectivity index (χ3n) is 4.47. The summed E-state index contributed by atoms with van der Waals surface area (Å²) in [5, 5.41) is 0.614. The maximum absolute atomic E-state index is 12.7. The number of rotatable bonds is 4. The Labute approximate surface area is 156 Å². The molecule has 1 aromatic heterocycles. The summed E-state index contributed by atoms with van der Waals surface area (Å²) >= 11 is 5.94. The number of carbonyl (C=O) groups excluding carboxylic acids is 1. The second-order valence-electron chi connectivity index (χ2n) is 6.26. The average Bonchev–Trinajstić information content (AvgIpc) is 3.14. The molecule has 5 heteroatoms. The van der Waals surface area contributed by atoms with E-state index in [1.165, 1.54) is 11.1 Å². The van der Waals surface area contributed by atoms with E-state index >= 15 is 0 Å². The van der Waals surface area contributed by atoms with Gasteiger partial charge < -0.3 is 14.1 Å². The Bertz CT molecular complexity index is 934. The fourth-order valence-electron chi connectivity index (χ4n) is 3.11. The highest BCUT2D eigenvalue weighted by Crippen LogP contribution is 2.22. The van der Waals surface area contributed by atoms with Crippen LogP contribution < -0.4 is 4.74 Å². The summed E-state index contributed by atoms with van der Waals surface area (Å²) in [6.07, 6.45) is 0.868. The van der Waals surface area contributed by atoms with Gasteiger partial charge in [-0.15, -0.1) is 0 Å². The Morgan fingerprint density at radius 1 is 1.08 bits per heavy atom. The molecular formula is C21H18ClNO3. The largest absolute Gasteiger partial charge is 0.486 e. The molecule has 0 saturated carbocycles. The van der Waals surface area contributed by atoms with Crippen LogP contribution in [0.1, 0.15) is 27.4 Å². The van der Waals surface area contributed by atoms with Crippen molar-refractivity contribution < 1.29 is 13.9 Å². The van der Waals surface area contributed by atoms with Crippen LogP contribution in [-0.2, 0) is 19.6 Å². The third-order valence-corrected chi connectivity index (χ3v) is 4.70. The molecule has 3 aromatic rings. The Hall–Kier alpha value is -2.72. The first-order chi connectivity index (χ1) is 12.7. The van der Waals surface area contributed by atoms with Crippen LogP contribution in [-0.4, -0.2) is 17.4 Å². The third kappa shape index (κ3) is 3.60. The molecule has 1 aliphatic heterocycles. The molecule has 4 nitrogen and oxygen atoms in total. The van der Waals surface area contributed by atoms with Crippen molar-refractivity contribution in [3.8, 4) is 5.75 Å². The highest BCUT2D eigenvalue weighted by molar-refractivity contribution is 6.30. The van der Waals surface area contributed by atoms with E-state index in [1.54, 1.807) is 24.3 Å². The maximum atomic E-state index is 12.7. The number of benzene rings is 2. The van der Waals surface area contributed by atoms with E-state index in [-0.39, 0.29) is 12.5 Å². The van der Waals surface area contributed by atoms with Crippen molar-refractivity contribution in [2.45, 2.75) is 19.6 Å². The number of fused-ring (bicyclic) bond motifs is 1. The van der Waals surface area contributed by atoms with Crippen LogP contribution in [0.25, 0.3) is 0 Å². The summed E-state index contributed by atoms with van der Waals surface area (Å²) in [7, 11) is 0. The van der Waals surface area contributed by atoms with Crippen molar-refractivity contribution in [3.05, 3.63) is 88.3 Å². The first kappa shape index (κ1) is 16.7. The molecule has 0 radical (unpaired) electrons. The second kappa shape index (κ2) is 7.26. The van der Waals surface area contributed by atoms with Crippen molar-refractivity contribution in [1.82, 2.24) is 4.90 Å². The highest BCUT2D eigenvalue weighted by Gasteiger charge is 2.23. The predicted molar refractivity (Wildman–Crippen MR) is 99.4 cm³/mol. The molecule has 132 valence electrons. The monoisotopic (exact) mass is 367 g/mol. The summed E-state index contributed by atoms with van der Waals surface area (Å²) in [4.78, 5) is 14.5. The number of ether oxygens (including phenoxy) is 1. The number of nitrogens with zero attached hydrogens (tertiary/aromatic N) is 1. The van der Waals surface area contributed by atoms with Gasteiger partial charge in [-0.1, -0.05) is 41.9 Å². The molecule has 1 amide bonds. The fourth-order valence-corrected chi connectivity index (χ4v) is 3.29. The van der Waals surface area contributed by atoms with Gasteiger partial charge in [-0.3, -0.25) is 4.79 Å². The van der Waals surface area contributed by atoms with Crippen LogP contribution in [0.2, 0.25) is 5.02 Å². The summed E-state index contributed by atoms with van der Waals surface area (Å²) in [5.41, 5.74) is 2.51. The Kier molecular flexibility index (Phi) is 4.67. The first-order valence-electron chi connectivity index (χ1n) is 8.52. The molecule has 0 aliphatic carbocycles. The molecular weight excluding hydrogens is 350 g/mol. The molecule has 1 aliphatic rings.